The molecule has 0 spiro atoms. The van der Waals surface area contributed by atoms with Gasteiger partial charge in [0.25, 0.3) is 0 Å². The fourth-order valence-corrected chi connectivity index (χ4v) is 1.01. The maximum absolute atomic E-state index is 10.5. The number of nitrogen functional groups attached to an aromatic ring is 1. The third kappa shape index (κ3) is 1.32. The molecule has 0 unspecified atom stereocenters. The Labute approximate surface area is 78.9 Å². The Hall–Kier alpha value is -2.60. The molecule has 14 heavy (non-hydrogen) atoms. The SMILES string of the molecule is N#Cc1ccc(N)c([N+](=O)[O-])c1C#N. The first-order valence-electron chi connectivity index (χ1n) is 3.49. The third-order valence-electron chi connectivity index (χ3n) is 1.62. The number of hydrogen-bond acceptors (Lipinski definition) is 5. The molecule has 68 valence electrons. The quantitative estimate of drug-likeness (QED) is 0.399. The fraction of sp³-hybridized carbons (Fsp3) is 0. The largest absolute Gasteiger partial charge is 0.393 e. The summed E-state index contributed by atoms with van der Waals surface area (Å²) in [6.07, 6.45) is 0. The standard InChI is InChI=1S/C8H4N4O2/c9-3-5-1-2-7(11)8(12(13)14)6(5)4-10/h1-2H,11H2. The number of benzene rings is 1. The summed E-state index contributed by atoms with van der Waals surface area (Å²) in [6.45, 7) is 0. The van der Waals surface area contributed by atoms with Crippen LogP contribution < -0.4 is 5.73 Å². The minimum Gasteiger partial charge on any atom is -0.393 e. The lowest BCUT2D eigenvalue weighted by Crippen LogP contribution is -2.00. The lowest BCUT2D eigenvalue weighted by atomic mass is 10.1. The van der Waals surface area contributed by atoms with E-state index in [4.69, 9.17) is 16.3 Å². The molecule has 1 aromatic carbocycles. The van der Waals surface area contributed by atoms with Crippen molar-refractivity contribution < 1.29 is 4.92 Å². The number of anilines is 1. The van der Waals surface area contributed by atoms with Crippen molar-refractivity contribution in [3.8, 4) is 12.1 Å². The normalized spacial score (nSPS) is 8.71. The van der Waals surface area contributed by atoms with Gasteiger partial charge in [-0.25, -0.2) is 0 Å². The zero-order chi connectivity index (χ0) is 10.7. The van der Waals surface area contributed by atoms with E-state index in [0.717, 1.165) is 0 Å². The molecular formula is C8H4N4O2. The van der Waals surface area contributed by atoms with Gasteiger partial charge in [0.2, 0.25) is 0 Å². The van der Waals surface area contributed by atoms with Crippen LogP contribution in [0.15, 0.2) is 12.1 Å². The first-order chi connectivity index (χ1) is 6.61. The van der Waals surface area contributed by atoms with Gasteiger partial charge in [-0.3, -0.25) is 10.1 Å². The number of nitriles is 2. The third-order valence-corrected chi connectivity index (χ3v) is 1.62. The van der Waals surface area contributed by atoms with Gasteiger partial charge in [0, 0.05) is 0 Å². The minimum absolute atomic E-state index is 0.0478. The van der Waals surface area contributed by atoms with E-state index in [2.05, 4.69) is 0 Å². The van der Waals surface area contributed by atoms with Crippen LogP contribution in [-0.4, -0.2) is 4.92 Å². The summed E-state index contributed by atoms with van der Waals surface area (Å²) in [5, 5.41) is 27.8. The highest BCUT2D eigenvalue weighted by Crippen LogP contribution is 2.27. The molecule has 0 aliphatic rings. The molecule has 0 fully saturated rings. The molecule has 1 rings (SSSR count). The molecule has 2 N–H and O–H groups in total. The van der Waals surface area contributed by atoms with E-state index in [1.54, 1.807) is 12.1 Å². The average molecular weight is 188 g/mol. The van der Waals surface area contributed by atoms with Crippen LogP contribution in [0.5, 0.6) is 0 Å². The number of hydrogen-bond donors (Lipinski definition) is 1. The van der Waals surface area contributed by atoms with Crippen molar-refractivity contribution in [1.29, 1.82) is 10.5 Å². The Morgan fingerprint density at radius 1 is 1.36 bits per heavy atom. The Bertz CT molecular complexity index is 481. The molecule has 0 radical (unpaired) electrons. The summed E-state index contributed by atoms with van der Waals surface area (Å²) >= 11 is 0. The van der Waals surface area contributed by atoms with E-state index in [1.165, 1.54) is 12.1 Å². The summed E-state index contributed by atoms with van der Waals surface area (Å²) in [6, 6.07) is 5.79. The minimum atomic E-state index is -0.769. The van der Waals surface area contributed by atoms with Crippen LogP contribution in [0.4, 0.5) is 11.4 Å². The highest BCUT2D eigenvalue weighted by atomic mass is 16.6. The van der Waals surface area contributed by atoms with Crippen LogP contribution in [0.25, 0.3) is 0 Å². The Balaban J connectivity index is 3.64. The second-order valence-corrected chi connectivity index (χ2v) is 2.41. The van der Waals surface area contributed by atoms with Crippen molar-refractivity contribution >= 4 is 11.4 Å². The molecule has 0 aliphatic heterocycles. The average Bonchev–Trinajstić information content (AvgIpc) is 2.16. The highest BCUT2D eigenvalue weighted by molar-refractivity contribution is 5.70. The lowest BCUT2D eigenvalue weighted by molar-refractivity contribution is -0.384. The highest BCUT2D eigenvalue weighted by Gasteiger charge is 2.21. The molecule has 1 aromatic rings. The maximum Gasteiger partial charge on any atom is 0.311 e. The van der Waals surface area contributed by atoms with Gasteiger partial charge in [-0.2, -0.15) is 10.5 Å². The number of nitrogens with zero attached hydrogens (tertiary/aromatic N) is 3. The van der Waals surface area contributed by atoms with E-state index >= 15 is 0 Å². The van der Waals surface area contributed by atoms with Crippen LogP contribution in [0.2, 0.25) is 0 Å². The summed E-state index contributed by atoms with van der Waals surface area (Å²) < 4.78 is 0. The van der Waals surface area contributed by atoms with Gasteiger partial charge in [0.15, 0.2) is 0 Å². The Morgan fingerprint density at radius 2 is 2.00 bits per heavy atom. The predicted octanol–water partition coefficient (Wildman–Crippen LogP) is 0.920. The molecule has 0 heterocycles. The zero-order valence-corrected chi connectivity index (χ0v) is 6.89. The van der Waals surface area contributed by atoms with Gasteiger partial charge >= 0.3 is 5.69 Å². The second-order valence-electron chi connectivity index (χ2n) is 2.41. The Kier molecular flexibility index (Phi) is 2.32. The van der Waals surface area contributed by atoms with E-state index in [9.17, 15) is 10.1 Å². The van der Waals surface area contributed by atoms with Crippen molar-refractivity contribution in [3.63, 3.8) is 0 Å². The number of nitro benzene ring substituents is 1. The van der Waals surface area contributed by atoms with Gasteiger partial charge in [-0.1, -0.05) is 0 Å². The van der Waals surface area contributed by atoms with Crippen LogP contribution in [0.1, 0.15) is 11.1 Å². The van der Waals surface area contributed by atoms with Gasteiger partial charge in [-0.15, -0.1) is 0 Å². The summed E-state index contributed by atoms with van der Waals surface area (Å²) in [7, 11) is 0. The molecular weight excluding hydrogens is 184 g/mol. The van der Waals surface area contributed by atoms with Crippen molar-refractivity contribution in [2.24, 2.45) is 0 Å². The fourth-order valence-electron chi connectivity index (χ4n) is 1.01. The first-order valence-corrected chi connectivity index (χ1v) is 3.49. The lowest BCUT2D eigenvalue weighted by Gasteiger charge is -1.99. The molecule has 0 saturated heterocycles. The van der Waals surface area contributed by atoms with Gasteiger partial charge < -0.3 is 5.73 Å². The topological polar surface area (TPSA) is 117 Å². The van der Waals surface area contributed by atoms with Crippen LogP contribution in [-0.2, 0) is 0 Å². The van der Waals surface area contributed by atoms with E-state index in [1.807, 2.05) is 0 Å². The molecule has 0 saturated carbocycles. The molecule has 6 nitrogen and oxygen atoms in total. The number of rotatable bonds is 1. The van der Waals surface area contributed by atoms with Crippen LogP contribution in [0.3, 0.4) is 0 Å². The zero-order valence-electron chi connectivity index (χ0n) is 6.89. The van der Waals surface area contributed by atoms with E-state index in [0.29, 0.717) is 0 Å². The monoisotopic (exact) mass is 188 g/mol. The number of nitrogens with two attached hydrogens (primary N) is 1. The van der Waals surface area contributed by atoms with E-state index < -0.39 is 10.6 Å². The molecule has 0 aliphatic carbocycles. The summed E-state index contributed by atoms with van der Waals surface area (Å²) in [5.74, 6) is 0. The summed E-state index contributed by atoms with van der Waals surface area (Å²) in [5.41, 5.74) is 4.35. The molecule has 0 aromatic heterocycles. The first kappa shape index (κ1) is 9.49. The van der Waals surface area contributed by atoms with Gasteiger partial charge in [-0.05, 0) is 12.1 Å². The predicted molar refractivity (Wildman–Crippen MR) is 46.9 cm³/mol. The van der Waals surface area contributed by atoms with Crippen molar-refractivity contribution in [2.75, 3.05) is 5.73 Å². The summed E-state index contributed by atoms with van der Waals surface area (Å²) in [4.78, 5) is 9.77. The van der Waals surface area contributed by atoms with Crippen molar-refractivity contribution in [2.45, 2.75) is 0 Å². The van der Waals surface area contributed by atoms with E-state index in [-0.39, 0.29) is 16.8 Å². The molecule has 0 bridgehead atoms. The van der Waals surface area contributed by atoms with Crippen LogP contribution in [0, 0.1) is 32.8 Å². The molecule has 0 amide bonds. The second kappa shape index (κ2) is 3.42. The van der Waals surface area contributed by atoms with Crippen LogP contribution >= 0.6 is 0 Å². The Morgan fingerprint density at radius 3 is 2.43 bits per heavy atom. The van der Waals surface area contributed by atoms with Crippen molar-refractivity contribution in [3.05, 3.63) is 33.4 Å². The smallest absolute Gasteiger partial charge is 0.311 e. The molecule has 6 heteroatoms. The van der Waals surface area contributed by atoms with Crippen molar-refractivity contribution in [1.82, 2.24) is 0 Å². The van der Waals surface area contributed by atoms with Gasteiger partial charge in [0.1, 0.15) is 23.4 Å². The maximum atomic E-state index is 10.5. The number of nitro groups is 1. The van der Waals surface area contributed by atoms with Gasteiger partial charge in [0.05, 0.1) is 10.5 Å². The molecule has 0 atom stereocenters.